The van der Waals surface area contributed by atoms with E-state index in [4.69, 9.17) is 0 Å². The number of hydrogen-bond donors (Lipinski definition) is 2. The molecule has 21 heavy (non-hydrogen) atoms. The van der Waals surface area contributed by atoms with Crippen LogP contribution in [0.4, 0.5) is 0 Å². The van der Waals surface area contributed by atoms with Crippen LogP contribution in [0.3, 0.4) is 0 Å². The highest BCUT2D eigenvalue weighted by molar-refractivity contribution is 5.86. The molecule has 0 bridgehead atoms. The van der Waals surface area contributed by atoms with E-state index in [1.165, 1.54) is 5.56 Å². The number of piperidine rings is 1. The van der Waals surface area contributed by atoms with Crippen molar-refractivity contribution in [2.75, 3.05) is 26.2 Å². The second kappa shape index (κ2) is 6.26. The number of piperazine rings is 1. The van der Waals surface area contributed by atoms with E-state index in [1.807, 2.05) is 11.0 Å². The molecule has 2 saturated heterocycles. The van der Waals surface area contributed by atoms with E-state index in [1.54, 1.807) is 0 Å². The lowest BCUT2D eigenvalue weighted by atomic mass is 9.89. The average Bonchev–Trinajstić information content (AvgIpc) is 2.56. The van der Waals surface area contributed by atoms with E-state index in [-0.39, 0.29) is 24.4 Å². The van der Waals surface area contributed by atoms with Gasteiger partial charge in [0.25, 0.3) is 0 Å². The van der Waals surface area contributed by atoms with Gasteiger partial charge in [-0.1, -0.05) is 30.3 Å². The van der Waals surface area contributed by atoms with E-state index < -0.39 is 0 Å². The van der Waals surface area contributed by atoms with Crippen LogP contribution in [-0.2, 0) is 9.59 Å². The standard InChI is InChI=1S/C16H21N3O2/c20-15-11-17-14(10-18-15)16(21)19-8-6-13(7-9-19)12-4-2-1-3-5-12/h1-5,13-14,17H,6-11H2,(H,18,20). The Balaban J connectivity index is 1.53. The molecule has 5 heteroatoms. The molecule has 2 aliphatic rings. The summed E-state index contributed by atoms with van der Waals surface area (Å²) in [6.45, 7) is 2.22. The fourth-order valence-electron chi connectivity index (χ4n) is 3.12. The van der Waals surface area contributed by atoms with Gasteiger partial charge in [-0.05, 0) is 24.3 Å². The molecule has 2 heterocycles. The maximum Gasteiger partial charge on any atom is 0.241 e. The predicted molar refractivity (Wildman–Crippen MR) is 79.8 cm³/mol. The van der Waals surface area contributed by atoms with Crippen molar-refractivity contribution >= 4 is 11.8 Å². The Labute approximate surface area is 124 Å². The van der Waals surface area contributed by atoms with Gasteiger partial charge < -0.3 is 10.2 Å². The van der Waals surface area contributed by atoms with Crippen LogP contribution < -0.4 is 10.6 Å². The van der Waals surface area contributed by atoms with Crippen LogP contribution in [0, 0.1) is 0 Å². The molecule has 2 N–H and O–H groups in total. The minimum Gasteiger partial charge on any atom is -0.353 e. The minimum absolute atomic E-state index is 0.0400. The van der Waals surface area contributed by atoms with Crippen LogP contribution in [0.2, 0.25) is 0 Å². The van der Waals surface area contributed by atoms with Crippen molar-refractivity contribution in [3.63, 3.8) is 0 Å². The van der Waals surface area contributed by atoms with Gasteiger partial charge >= 0.3 is 0 Å². The minimum atomic E-state index is -0.268. The van der Waals surface area contributed by atoms with E-state index >= 15 is 0 Å². The summed E-state index contributed by atoms with van der Waals surface area (Å²) in [5.74, 6) is 0.623. The molecular weight excluding hydrogens is 266 g/mol. The number of nitrogens with zero attached hydrogens (tertiary/aromatic N) is 1. The van der Waals surface area contributed by atoms with Gasteiger partial charge in [-0.15, -0.1) is 0 Å². The molecule has 3 rings (SSSR count). The first-order chi connectivity index (χ1) is 10.2. The highest BCUT2D eigenvalue weighted by atomic mass is 16.2. The number of hydrogen-bond acceptors (Lipinski definition) is 3. The van der Waals surface area contributed by atoms with Gasteiger partial charge in [0.1, 0.15) is 6.04 Å². The van der Waals surface area contributed by atoms with Crippen molar-refractivity contribution in [2.45, 2.75) is 24.8 Å². The molecule has 0 spiro atoms. The Kier molecular flexibility index (Phi) is 4.20. The van der Waals surface area contributed by atoms with Gasteiger partial charge in [-0.3, -0.25) is 14.9 Å². The SMILES string of the molecule is O=C1CNC(C(=O)N2CCC(c3ccccc3)CC2)CN1. The van der Waals surface area contributed by atoms with Gasteiger partial charge in [0.05, 0.1) is 6.54 Å². The number of carbonyl (C=O) groups excluding carboxylic acids is 2. The number of carbonyl (C=O) groups is 2. The summed E-state index contributed by atoms with van der Waals surface area (Å²) in [6, 6.07) is 10.2. The Bertz CT molecular complexity index is 500. The van der Waals surface area contributed by atoms with Gasteiger partial charge in [0.2, 0.25) is 11.8 Å². The summed E-state index contributed by atoms with van der Waals surface area (Å²) in [5, 5.41) is 5.74. The monoisotopic (exact) mass is 287 g/mol. The molecule has 2 amide bonds. The average molecular weight is 287 g/mol. The fraction of sp³-hybridized carbons (Fsp3) is 0.500. The number of likely N-dealkylation sites (tertiary alicyclic amines) is 1. The van der Waals surface area contributed by atoms with Gasteiger partial charge in [-0.2, -0.15) is 0 Å². The summed E-state index contributed by atoms with van der Waals surface area (Å²) in [4.78, 5) is 25.4. The predicted octanol–water partition coefficient (Wildman–Crippen LogP) is 0.481. The van der Waals surface area contributed by atoms with Crippen molar-refractivity contribution in [3.8, 4) is 0 Å². The molecule has 0 aliphatic carbocycles. The topological polar surface area (TPSA) is 61.4 Å². The first-order valence-corrected chi connectivity index (χ1v) is 7.58. The van der Waals surface area contributed by atoms with Crippen molar-refractivity contribution in [2.24, 2.45) is 0 Å². The lowest BCUT2D eigenvalue weighted by Crippen LogP contribution is -2.59. The van der Waals surface area contributed by atoms with E-state index in [0.29, 0.717) is 12.5 Å². The van der Waals surface area contributed by atoms with Crippen LogP contribution in [0.1, 0.15) is 24.3 Å². The first-order valence-electron chi connectivity index (χ1n) is 7.58. The molecule has 2 fully saturated rings. The summed E-state index contributed by atoms with van der Waals surface area (Å²) < 4.78 is 0. The molecule has 2 aliphatic heterocycles. The number of nitrogens with one attached hydrogen (secondary N) is 2. The third kappa shape index (κ3) is 3.24. The summed E-state index contributed by atoms with van der Waals surface area (Å²) in [5.41, 5.74) is 1.37. The zero-order valence-electron chi connectivity index (χ0n) is 12.0. The number of rotatable bonds is 2. The Hall–Kier alpha value is -1.88. The van der Waals surface area contributed by atoms with Crippen LogP contribution in [0.5, 0.6) is 0 Å². The quantitative estimate of drug-likeness (QED) is 0.832. The summed E-state index contributed by atoms with van der Waals surface area (Å²) >= 11 is 0. The molecule has 1 unspecified atom stereocenters. The van der Waals surface area contributed by atoms with Crippen molar-refractivity contribution in [1.29, 1.82) is 0 Å². The van der Waals surface area contributed by atoms with Gasteiger partial charge in [-0.25, -0.2) is 0 Å². The zero-order valence-corrected chi connectivity index (χ0v) is 12.0. The van der Waals surface area contributed by atoms with Gasteiger partial charge in [0, 0.05) is 19.6 Å². The largest absolute Gasteiger partial charge is 0.353 e. The molecule has 112 valence electrons. The molecule has 0 saturated carbocycles. The van der Waals surface area contributed by atoms with Crippen LogP contribution in [0.25, 0.3) is 0 Å². The summed E-state index contributed by atoms with van der Waals surface area (Å²) in [6.07, 6.45) is 2.02. The molecule has 1 atom stereocenters. The molecule has 0 radical (unpaired) electrons. The van der Waals surface area contributed by atoms with Crippen LogP contribution >= 0.6 is 0 Å². The molecule has 5 nitrogen and oxygen atoms in total. The zero-order chi connectivity index (χ0) is 14.7. The molecule has 1 aromatic carbocycles. The lowest BCUT2D eigenvalue weighted by Gasteiger charge is -2.35. The lowest BCUT2D eigenvalue weighted by molar-refractivity contribution is -0.135. The van der Waals surface area contributed by atoms with E-state index in [9.17, 15) is 9.59 Å². The first kappa shape index (κ1) is 14.1. The molecule has 1 aromatic rings. The second-order valence-electron chi connectivity index (χ2n) is 5.75. The van der Waals surface area contributed by atoms with Crippen molar-refractivity contribution in [3.05, 3.63) is 35.9 Å². The van der Waals surface area contributed by atoms with Crippen molar-refractivity contribution in [1.82, 2.24) is 15.5 Å². The normalized spacial score (nSPS) is 23.7. The van der Waals surface area contributed by atoms with E-state index in [2.05, 4.69) is 34.9 Å². The van der Waals surface area contributed by atoms with Crippen LogP contribution in [-0.4, -0.2) is 48.9 Å². The fourth-order valence-corrected chi connectivity index (χ4v) is 3.12. The van der Waals surface area contributed by atoms with E-state index in [0.717, 1.165) is 25.9 Å². The highest BCUT2D eigenvalue weighted by Crippen LogP contribution is 2.27. The number of amides is 2. The Morgan fingerprint density at radius 2 is 1.86 bits per heavy atom. The third-order valence-corrected chi connectivity index (χ3v) is 4.39. The molecular formula is C16H21N3O2. The maximum atomic E-state index is 12.4. The number of benzene rings is 1. The summed E-state index contributed by atoms with van der Waals surface area (Å²) in [7, 11) is 0. The van der Waals surface area contributed by atoms with Gasteiger partial charge in [0.15, 0.2) is 0 Å². The maximum absolute atomic E-state index is 12.4. The Morgan fingerprint density at radius 3 is 2.48 bits per heavy atom. The third-order valence-electron chi connectivity index (χ3n) is 4.39. The van der Waals surface area contributed by atoms with Crippen LogP contribution in [0.15, 0.2) is 30.3 Å². The second-order valence-corrected chi connectivity index (χ2v) is 5.75. The smallest absolute Gasteiger partial charge is 0.241 e. The highest BCUT2D eigenvalue weighted by Gasteiger charge is 2.30. The van der Waals surface area contributed by atoms with Crippen molar-refractivity contribution < 1.29 is 9.59 Å². The Morgan fingerprint density at radius 1 is 1.14 bits per heavy atom. The molecule has 0 aromatic heterocycles.